The molecule has 1 aliphatic heterocycles. The molecule has 1 saturated heterocycles. The van der Waals surface area contributed by atoms with E-state index in [1.54, 1.807) is 4.90 Å². The van der Waals surface area contributed by atoms with Crippen LogP contribution in [0.5, 0.6) is 0 Å². The highest BCUT2D eigenvalue weighted by Crippen LogP contribution is 2.24. The topological polar surface area (TPSA) is 69.6 Å². The number of nitrogens with one attached hydrogen (secondary N) is 1. The number of amides is 2. The number of carboxylic acid groups (broad SMARTS) is 1. The van der Waals surface area contributed by atoms with Gasteiger partial charge in [0.25, 0.3) is 0 Å². The second-order valence-corrected chi connectivity index (χ2v) is 5.99. The first-order valence-electron chi connectivity index (χ1n) is 7.12. The largest absolute Gasteiger partial charge is 0.481 e. The van der Waals surface area contributed by atoms with E-state index in [0.29, 0.717) is 18.9 Å². The summed E-state index contributed by atoms with van der Waals surface area (Å²) < 4.78 is 0. The lowest BCUT2D eigenvalue weighted by molar-refractivity contribution is -0.142. The number of likely N-dealkylation sites (tertiary alicyclic amines) is 1. The van der Waals surface area contributed by atoms with Crippen LogP contribution in [-0.4, -0.2) is 40.6 Å². The molecule has 0 aromatic heterocycles. The fraction of sp³-hybridized carbons (Fsp3) is 0.857. The molecule has 1 rings (SSSR count). The molecule has 0 radical (unpaired) electrons. The SMILES string of the molecule is CC(C)CCC(C)NC(=O)N1CCC(C(=O)O)C1C. The van der Waals surface area contributed by atoms with Crippen LogP contribution < -0.4 is 5.32 Å². The van der Waals surface area contributed by atoms with Gasteiger partial charge in [-0.05, 0) is 39.0 Å². The average Bonchev–Trinajstić information content (AvgIpc) is 2.68. The van der Waals surface area contributed by atoms with Gasteiger partial charge in [0, 0.05) is 18.6 Å². The molecule has 0 aliphatic carbocycles. The van der Waals surface area contributed by atoms with Crippen molar-refractivity contribution >= 4 is 12.0 Å². The predicted octanol–water partition coefficient (Wildman–Crippen LogP) is 2.32. The molecule has 1 fully saturated rings. The van der Waals surface area contributed by atoms with Crippen molar-refractivity contribution in [2.75, 3.05) is 6.54 Å². The highest BCUT2D eigenvalue weighted by atomic mass is 16.4. The molecule has 1 aliphatic rings. The zero-order valence-electron chi connectivity index (χ0n) is 12.3. The minimum atomic E-state index is -0.810. The number of carboxylic acids is 1. The molecule has 0 aromatic rings. The van der Waals surface area contributed by atoms with Crippen LogP contribution in [0.2, 0.25) is 0 Å². The summed E-state index contributed by atoms with van der Waals surface area (Å²) in [7, 11) is 0. The van der Waals surface area contributed by atoms with Gasteiger partial charge in [-0.15, -0.1) is 0 Å². The Kier molecular flexibility index (Phi) is 5.63. The smallest absolute Gasteiger partial charge is 0.317 e. The van der Waals surface area contributed by atoms with E-state index in [-0.39, 0.29) is 18.1 Å². The van der Waals surface area contributed by atoms with E-state index >= 15 is 0 Å². The van der Waals surface area contributed by atoms with Gasteiger partial charge in [-0.25, -0.2) is 4.79 Å². The summed E-state index contributed by atoms with van der Waals surface area (Å²) in [6, 6.07) is -0.228. The Hall–Kier alpha value is -1.26. The fourth-order valence-corrected chi connectivity index (χ4v) is 2.51. The van der Waals surface area contributed by atoms with Gasteiger partial charge < -0.3 is 15.3 Å². The van der Waals surface area contributed by atoms with Crippen LogP contribution in [0.25, 0.3) is 0 Å². The van der Waals surface area contributed by atoms with Crippen molar-refractivity contribution in [3.8, 4) is 0 Å². The minimum absolute atomic E-state index is 0.131. The first kappa shape index (κ1) is 15.8. The van der Waals surface area contributed by atoms with Crippen molar-refractivity contribution in [3.63, 3.8) is 0 Å². The Balaban J connectivity index is 2.44. The maximum atomic E-state index is 12.1. The molecule has 19 heavy (non-hydrogen) atoms. The average molecular weight is 270 g/mol. The molecule has 5 heteroatoms. The number of urea groups is 1. The summed E-state index contributed by atoms with van der Waals surface area (Å²) in [5.74, 6) is -0.617. The lowest BCUT2D eigenvalue weighted by Gasteiger charge is -2.26. The summed E-state index contributed by atoms with van der Waals surface area (Å²) >= 11 is 0. The number of carbonyl (C=O) groups is 2. The predicted molar refractivity (Wildman–Crippen MR) is 74.0 cm³/mol. The molecular formula is C14H26N2O3. The molecule has 3 unspecified atom stereocenters. The van der Waals surface area contributed by atoms with Crippen molar-refractivity contribution in [1.29, 1.82) is 0 Å². The Labute approximate surface area is 115 Å². The molecule has 0 aromatic carbocycles. The fourth-order valence-electron chi connectivity index (χ4n) is 2.51. The molecule has 0 saturated carbocycles. The Bertz CT molecular complexity index is 331. The number of aliphatic carboxylic acids is 1. The van der Waals surface area contributed by atoms with E-state index in [4.69, 9.17) is 5.11 Å². The second kappa shape index (κ2) is 6.78. The van der Waals surface area contributed by atoms with Crippen LogP contribution in [0.4, 0.5) is 4.79 Å². The van der Waals surface area contributed by atoms with Gasteiger partial charge in [0.1, 0.15) is 0 Å². The molecule has 110 valence electrons. The lowest BCUT2D eigenvalue weighted by atomic mass is 10.0. The van der Waals surface area contributed by atoms with Crippen molar-refractivity contribution < 1.29 is 14.7 Å². The van der Waals surface area contributed by atoms with Gasteiger partial charge >= 0.3 is 12.0 Å². The zero-order chi connectivity index (χ0) is 14.6. The molecule has 5 nitrogen and oxygen atoms in total. The Morgan fingerprint density at radius 1 is 1.32 bits per heavy atom. The highest BCUT2D eigenvalue weighted by Gasteiger charge is 2.38. The molecule has 2 N–H and O–H groups in total. The number of carbonyl (C=O) groups excluding carboxylic acids is 1. The van der Waals surface area contributed by atoms with Crippen molar-refractivity contribution in [2.24, 2.45) is 11.8 Å². The Morgan fingerprint density at radius 3 is 2.42 bits per heavy atom. The molecule has 0 spiro atoms. The zero-order valence-corrected chi connectivity index (χ0v) is 12.3. The van der Waals surface area contributed by atoms with Gasteiger partial charge in [-0.3, -0.25) is 4.79 Å². The summed E-state index contributed by atoms with van der Waals surface area (Å²) in [6.45, 7) is 8.66. The number of hydrogen-bond donors (Lipinski definition) is 2. The van der Waals surface area contributed by atoms with E-state index < -0.39 is 11.9 Å². The lowest BCUT2D eigenvalue weighted by Crippen LogP contribution is -2.46. The summed E-state index contributed by atoms with van der Waals surface area (Å²) in [4.78, 5) is 24.8. The summed E-state index contributed by atoms with van der Waals surface area (Å²) in [5, 5.41) is 12.0. The number of rotatable bonds is 5. The third-order valence-electron chi connectivity index (χ3n) is 3.88. The normalized spacial score (nSPS) is 24.6. The van der Waals surface area contributed by atoms with E-state index in [2.05, 4.69) is 19.2 Å². The minimum Gasteiger partial charge on any atom is -0.481 e. The van der Waals surface area contributed by atoms with Gasteiger partial charge in [0.05, 0.1) is 5.92 Å². The van der Waals surface area contributed by atoms with Crippen LogP contribution in [0.3, 0.4) is 0 Å². The van der Waals surface area contributed by atoms with Crippen molar-refractivity contribution in [1.82, 2.24) is 10.2 Å². The van der Waals surface area contributed by atoms with Crippen LogP contribution in [-0.2, 0) is 4.79 Å². The number of hydrogen-bond acceptors (Lipinski definition) is 2. The van der Waals surface area contributed by atoms with E-state index in [9.17, 15) is 9.59 Å². The van der Waals surface area contributed by atoms with E-state index in [1.807, 2.05) is 13.8 Å². The van der Waals surface area contributed by atoms with Gasteiger partial charge in [-0.2, -0.15) is 0 Å². The molecule has 1 heterocycles. The van der Waals surface area contributed by atoms with Crippen molar-refractivity contribution in [3.05, 3.63) is 0 Å². The standard InChI is InChI=1S/C14H26N2O3/c1-9(2)5-6-10(3)15-14(19)16-8-7-12(11(16)4)13(17)18/h9-12H,5-8H2,1-4H3,(H,15,19)(H,17,18). The van der Waals surface area contributed by atoms with Gasteiger partial charge in [0.15, 0.2) is 0 Å². The first-order chi connectivity index (χ1) is 8.82. The van der Waals surface area contributed by atoms with E-state index in [0.717, 1.165) is 12.8 Å². The maximum absolute atomic E-state index is 12.1. The van der Waals surface area contributed by atoms with Crippen LogP contribution in [0.15, 0.2) is 0 Å². The van der Waals surface area contributed by atoms with Gasteiger partial charge in [0.2, 0.25) is 0 Å². The first-order valence-corrected chi connectivity index (χ1v) is 7.12. The number of nitrogens with zero attached hydrogens (tertiary/aromatic N) is 1. The van der Waals surface area contributed by atoms with Crippen LogP contribution >= 0.6 is 0 Å². The Morgan fingerprint density at radius 2 is 1.95 bits per heavy atom. The maximum Gasteiger partial charge on any atom is 0.317 e. The molecule has 3 atom stereocenters. The summed E-state index contributed by atoms with van der Waals surface area (Å²) in [6.07, 6.45) is 2.58. The van der Waals surface area contributed by atoms with Crippen molar-refractivity contribution in [2.45, 2.75) is 59.0 Å². The molecular weight excluding hydrogens is 244 g/mol. The van der Waals surface area contributed by atoms with Gasteiger partial charge in [-0.1, -0.05) is 13.8 Å². The van der Waals surface area contributed by atoms with Crippen LogP contribution in [0.1, 0.15) is 47.0 Å². The quantitative estimate of drug-likeness (QED) is 0.805. The molecule has 2 amide bonds. The van der Waals surface area contributed by atoms with Crippen LogP contribution in [0, 0.1) is 11.8 Å². The monoisotopic (exact) mass is 270 g/mol. The second-order valence-electron chi connectivity index (χ2n) is 5.99. The summed E-state index contributed by atoms with van der Waals surface area (Å²) in [5.41, 5.74) is 0. The third kappa shape index (κ3) is 4.40. The van der Waals surface area contributed by atoms with E-state index in [1.165, 1.54) is 0 Å². The third-order valence-corrected chi connectivity index (χ3v) is 3.88. The highest BCUT2D eigenvalue weighted by molar-refractivity contribution is 5.78. The molecule has 0 bridgehead atoms.